The van der Waals surface area contributed by atoms with Gasteiger partial charge in [-0.2, -0.15) is 0 Å². The van der Waals surface area contributed by atoms with Crippen molar-refractivity contribution in [2.45, 2.75) is 0 Å². The first-order valence-corrected chi connectivity index (χ1v) is 4.61. The van der Waals surface area contributed by atoms with Crippen LogP contribution in [0.2, 0.25) is 0 Å². The van der Waals surface area contributed by atoms with E-state index in [1.807, 2.05) is 30.3 Å². The van der Waals surface area contributed by atoms with Crippen molar-refractivity contribution in [3.8, 4) is 0 Å². The van der Waals surface area contributed by atoms with Crippen molar-refractivity contribution < 1.29 is 9.21 Å². The highest BCUT2D eigenvalue weighted by atomic mass is 16.3. The molecule has 0 N–H and O–H groups in total. The predicted octanol–water partition coefficient (Wildman–Crippen LogP) is 3.18. The Morgan fingerprint density at radius 3 is 2.40 bits per heavy atom. The number of rotatable bonds is 3. The molecule has 0 amide bonds. The second-order valence-corrected chi connectivity index (χ2v) is 3.15. The number of carbonyl (C=O) groups excluding carboxylic acids is 1. The molecule has 1 aromatic heterocycles. The van der Waals surface area contributed by atoms with Gasteiger partial charge >= 0.3 is 0 Å². The summed E-state index contributed by atoms with van der Waals surface area (Å²) in [7, 11) is 0. The third-order valence-electron chi connectivity index (χ3n) is 2.14. The maximum atomic E-state index is 11.8. The van der Waals surface area contributed by atoms with E-state index in [0.717, 1.165) is 5.56 Å². The highest BCUT2D eigenvalue weighted by Gasteiger charge is 2.13. The third kappa shape index (κ3) is 1.89. The Bertz CT molecular complexity index is 467. The van der Waals surface area contributed by atoms with Crippen LogP contribution in [0.3, 0.4) is 0 Å². The molecule has 2 heteroatoms. The lowest BCUT2D eigenvalue weighted by molar-refractivity contribution is 0.103. The van der Waals surface area contributed by atoms with Gasteiger partial charge in [0, 0.05) is 5.57 Å². The van der Waals surface area contributed by atoms with Gasteiger partial charge in [-0.1, -0.05) is 36.9 Å². The van der Waals surface area contributed by atoms with Crippen LogP contribution in [0.25, 0.3) is 5.57 Å². The smallest absolute Gasteiger partial charge is 0.228 e. The summed E-state index contributed by atoms with van der Waals surface area (Å²) in [5.41, 5.74) is 1.27. The summed E-state index contributed by atoms with van der Waals surface area (Å²) in [5.74, 6) is 0.148. The van der Waals surface area contributed by atoms with Crippen molar-refractivity contribution in [2.24, 2.45) is 0 Å². The van der Waals surface area contributed by atoms with Gasteiger partial charge in [0.2, 0.25) is 5.78 Å². The summed E-state index contributed by atoms with van der Waals surface area (Å²) in [4.78, 5) is 11.8. The highest BCUT2D eigenvalue weighted by Crippen LogP contribution is 2.17. The van der Waals surface area contributed by atoms with Gasteiger partial charge in [-0.15, -0.1) is 0 Å². The predicted molar refractivity (Wildman–Crippen MR) is 58.5 cm³/mol. The number of hydrogen-bond acceptors (Lipinski definition) is 2. The molecule has 2 rings (SSSR count). The molecule has 1 heterocycles. The first-order valence-electron chi connectivity index (χ1n) is 4.61. The Hall–Kier alpha value is -2.09. The number of allylic oxidation sites excluding steroid dienone is 1. The Balaban J connectivity index is 2.27. The Labute approximate surface area is 87.8 Å². The van der Waals surface area contributed by atoms with E-state index in [2.05, 4.69) is 6.58 Å². The Kier molecular flexibility index (Phi) is 2.50. The van der Waals surface area contributed by atoms with Crippen LogP contribution in [0.4, 0.5) is 0 Å². The van der Waals surface area contributed by atoms with Crippen LogP contribution in [0, 0.1) is 0 Å². The van der Waals surface area contributed by atoms with Crippen molar-refractivity contribution in [3.05, 3.63) is 66.6 Å². The second kappa shape index (κ2) is 3.96. The Morgan fingerprint density at radius 1 is 1.07 bits per heavy atom. The van der Waals surface area contributed by atoms with E-state index in [4.69, 9.17) is 4.42 Å². The van der Waals surface area contributed by atoms with Gasteiger partial charge in [0.1, 0.15) is 0 Å². The van der Waals surface area contributed by atoms with Crippen molar-refractivity contribution >= 4 is 11.4 Å². The molecule has 0 aliphatic heterocycles. The van der Waals surface area contributed by atoms with Crippen molar-refractivity contribution in [3.63, 3.8) is 0 Å². The monoisotopic (exact) mass is 198 g/mol. The van der Waals surface area contributed by atoms with Gasteiger partial charge < -0.3 is 4.42 Å². The number of Topliss-reactive ketones (excluding diaryl/α,β-unsaturated/α-hetero) is 1. The van der Waals surface area contributed by atoms with Crippen LogP contribution < -0.4 is 0 Å². The van der Waals surface area contributed by atoms with Gasteiger partial charge in [0.15, 0.2) is 5.76 Å². The fraction of sp³-hybridized carbons (Fsp3) is 0. The number of hydrogen-bond donors (Lipinski definition) is 0. The molecule has 15 heavy (non-hydrogen) atoms. The van der Waals surface area contributed by atoms with Gasteiger partial charge in [-0.25, -0.2) is 0 Å². The molecule has 0 saturated heterocycles. The molecule has 2 nitrogen and oxygen atoms in total. The highest BCUT2D eigenvalue weighted by molar-refractivity contribution is 6.27. The Morgan fingerprint density at radius 2 is 1.80 bits per heavy atom. The van der Waals surface area contributed by atoms with E-state index in [1.54, 1.807) is 12.1 Å². The molecule has 1 aromatic carbocycles. The minimum atomic E-state index is -0.175. The summed E-state index contributed by atoms with van der Waals surface area (Å²) in [6.07, 6.45) is 1.48. The summed E-state index contributed by atoms with van der Waals surface area (Å²) in [6, 6.07) is 12.7. The molecule has 0 saturated carbocycles. The minimum Gasteiger partial charge on any atom is -0.461 e. The molecule has 0 fully saturated rings. The average molecular weight is 198 g/mol. The van der Waals surface area contributed by atoms with Crippen molar-refractivity contribution in [1.82, 2.24) is 0 Å². The summed E-state index contributed by atoms with van der Waals surface area (Å²) in [5, 5.41) is 0. The molecular formula is C13H10O2. The van der Waals surface area contributed by atoms with E-state index >= 15 is 0 Å². The topological polar surface area (TPSA) is 30.2 Å². The minimum absolute atomic E-state index is 0.175. The lowest BCUT2D eigenvalue weighted by Gasteiger charge is -2.01. The molecule has 0 atom stereocenters. The molecule has 2 aromatic rings. The normalized spacial score (nSPS) is 9.87. The quantitative estimate of drug-likeness (QED) is 0.560. The zero-order chi connectivity index (χ0) is 10.7. The van der Waals surface area contributed by atoms with E-state index < -0.39 is 0 Å². The van der Waals surface area contributed by atoms with Gasteiger partial charge in [-0.3, -0.25) is 4.79 Å². The molecule has 0 aliphatic rings. The van der Waals surface area contributed by atoms with E-state index in [9.17, 15) is 4.79 Å². The first kappa shape index (κ1) is 9.46. The second-order valence-electron chi connectivity index (χ2n) is 3.15. The summed E-state index contributed by atoms with van der Waals surface area (Å²) >= 11 is 0. The number of carbonyl (C=O) groups is 1. The molecule has 0 aliphatic carbocycles. The van der Waals surface area contributed by atoms with Gasteiger partial charge in [0.05, 0.1) is 6.26 Å². The lowest BCUT2D eigenvalue weighted by atomic mass is 10.0. The van der Waals surface area contributed by atoms with Crippen molar-refractivity contribution in [2.75, 3.05) is 0 Å². The molecule has 74 valence electrons. The van der Waals surface area contributed by atoms with Crippen LogP contribution >= 0.6 is 0 Å². The van der Waals surface area contributed by atoms with Crippen LogP contribution in [-0.2, 0) is 0 Å². The summed E-state index contributed by atoms with van der Waals surface area (Å²) in [6.45, 7) is 3.77. The number of ketones is 1. The fourth-order valence-electron chi connectivity index (χ4n) is 1.33. The van der Waals surface area contributed by atoms with Crippen LogP contribution in [-0.4, -0.2) is 5.78 Å². The lowest BCUT2D eigenvalue weighted by Crippen LogP contribution is -1.99. The molecule has 0 unspecified atom stereocenters. The molecule has 0 spiro atoms. The van der Waals surface area contributed by atoms with Crippen LogP contribution in [0.1, 0.15) is 16.1 Å². The zero-order valence-electron chi connectivity index (χ0n) is 8.14. The van der Waals surface area contributed by atoms with E-state index in [1.165, 1.54) is 6.26 Å². The SMILES string of the molecule is C=C(C(=O)c1ccco1)c1ccccc1. The fourth-order valence-corrected chi connectivity index (χ4v) is 1.33. The first-order chi connectivity index (χ1) is 7.29. The standard InChI is InChI=1S/C13H10O2/c1-10(11-6-3-2-4-7-11)13(14)12-8-5-9-15-12/h2-9H,1H2. The third-order valence-corrected chi connectivity index (χ3v) is 2.14. The number of benzene rings is 1. The van der Waals surface area contributed by atoms with E-state index in [-0.39, 0.29) is 5.78 Å². The summed E-state index contributed by atoms with van der Waals surface area (Å²) < 4.78 is 5.03. The number of furan rings is 1. The zero-order valence-corrected chi connectivity index (χ0v) is 8.14. The molecule has 0 bridgehead atoms. The maximum Gasteiger partial charge on any atom is 0.228 e. The van der Waals surface area contributed by atoms with Crippen LogP contribution in [0.5, 0.6) is 0 Å². The van der Waals surface area contributed by atoms with Gasteiger partial charge in [0.25, 0.3) is 0 Å². The van der Waals surface area contributed by atoms with Crippen LogP contribution in [0.15, 0.2) is 59.7 Å². The van der Waals surface area contributed by atoms with E-state index in [0.29, 0.717) is 11.3 Å². The van der Waals surface area contributed by atoms with Gasteiger partial charge in [-0.05, 0) is 17.7 Å². The molecule has 0 radical (unpaired) electrons. The average Bonchev–Trinajstić information content (AvgIpc) is 2.82. The maximum absolute atomic E-state index is 11.8. The van der Waals surface area contributed by atoms with Crippen molar-refractivity contribution in [1.29, 1.82) is 0 Å². The largest absolute Gasteiger partial charge is 0.461 e. The molecular weight excluding hydrogens is 188 g/mol.